The van der Waals surface area contributed by atoms with E-state index in [0.717, 1.165) is 4.57 Å². The van der Waals surface area contributed by atoms with Gasteiger partial charge in [-0.05, 0) is 0 Å². The van der Waals surface area contributed by atoms with Gasteiger partial charge in [0.05, 0.1) is 19.3 Å². The first kappa shape index (κ1) is 14.4. The number of hydrogen-bond donors (Lipinski definition) is 0. The molecule has 0 aliphatic carbocycles. The Hall–Kier alpha value is -2.49. The first-order chi connectivity index (χ1) is 10.4. The Labute approximate surface area is 125 Å². The predicted octanol–water partition coefficient (Wildman–Crippen LogP) is -0.607. The molecule has 1 fully saturated rings. The molecule has 0 saturated carbocycles. The second kappa shape index (κ2) is 5.05. The highest BCUT2D eigenvalue weighted by Gasteiger charge is 2.27. The van der Waals surface area contributed by atoms with Crippen molar-refractivity contribution in [3.05, 3.63) is 20.8 Å². The lowest BCUT2D eigenvalue weighted by Gasteiger charge is -2.06. The minimum Gasteiger partial charge on any atom is -0.371 e. The molecular formula is C12H17N7O3. The van der Waals surface area contributed by atoms with E-state index in [2.05, 4.69) is 15.3 Å². The van der Waals surface area contributed by atoms with Crippen LogP contribution in [0.3, 0.4) is 0 Å². The van der Waals surface area contributed by atoms with Crippen molar-refractivity contribution in [2.24, 2.45) is 24.4 Å². The zero-order chi connectivity index (χ0) is 16.0. The van der Waals surface area contributed by atoms with Crippen LogP contribution in [0.15, 0.2) is 19.9 Å². The van der Waals surface area contributed by atoms with Gasteiger partial charge in [-0.25, -0.2) is 4.79 Å². The van der Waals surface area contributed by atoms with Gasteiger partial charge in [-0.3, -0.25) is 23.5 Å². The topological polar surface area (TPSA) is 102 Å². The van der Waals surface area contributed by atoms with Crippen LogP contribution in [0.4, 0.5) is 5.95 Å². The van der Waals surface area contributed by atoms with Crippen LogP contribution < -0.4 is 11.2 Å². The lowest BCUT2D eigenvalue weighted by molar-refractivity contribution is 0.382. The fourth-order valence-corrected chi connectivity index (χ4v) is 2.19. The van der Waals surface area contributed by atoms with Crippen molar-refractivity contribution in [1.29, 1.82) is 0 Å². The van der Waals surface area contributed by atoms with Gasteiger partial charge in [0.15, 0.2) is 11.2 Å². The van der Waals surface area contributed by atoms with Crippen molar-refractivity contribution in [3.63, 3.8) is 0 Å². The van der Waals surface area contributed by atoms with Crippen LogP contribution >= 0.6 is 0 Å². The number of hydrogen-bond acceptors (Lipinski definition) is 6. The smallest absolute Gasteiger partial charge is 0.332 e. The quantitative estimate of drug-likeness (QED) is 0.426. The summed E-state index contributed by atoms with van der Waals surface area (Å²) in [5.74, 6) is 0.275. The third-order valence-electron chi connectivity index (χ3n) is 3.43. The van der Waals surface area contributed by atoms with Gasteiger partial charge in [0.25, 0.3) is 11.5 Å². The molecule has 3 heterocycles. The molecule has 1 aliphatic rings. The van der Waals surface area contributed by atoms with Crippen molar-refractivity contribution < 1.29 is 4.74 Å². The molecule has 10 heteroatoms. The van der Waals surface area contributed by atoms with Crippen LogP contribution in [0.25, 0.3) is 11.2 Å². The summed E-state index contributed by atoms with van der Waals surface area (Å²) < 4.78 is 9.27. The minimum atomic E-state index is -0.430. The van der Waals surface area contributed by atoms with Crippen LogP contribution in [-0.4, -0.2) is 50.5 Å². The van der Waals surface area contributed by atoms with Crippen LogP contribution in [0.5, 0.6) is 0 Å². The monoisotopic (exact) mass is 307 g/mol. The fourth-order valence-electron chi connectivity index (χ4n) is 2.19. The fraction of sp³-hybridized carbons (Fsp3) is 0.583. The normalized spacial score (nSPS) is 17.5. The number of fused-ring (bicyclic) bond motifs is 1. The third-order valence-corrected chi connectivity index (χ3v) is 3.43. The molecule has 1 atom stereocenters. The van der Waals surface area contributed by atoms with Crippen molar-refractivity contribution in [2.75, 3.05) is 20.7 Å². The van der Waals surface area contributed by atoms with E-state index in [4.69, 9.17) is 4.74 Å². The Kier molecular flexibility index (Phi) is 3.32. The molecule has 2 aromatic heterocycles. The SMILES string of the molecule is CN(C)N=Nc1nc2c(c(=O)n(C)c(=O)n2C)n1CC1CO1. The standard InChI is InChI=1S/C12H17N7O3/c1-16(2)15-14-11-13-9-8(19(11)5-7-6-22-7)10(20)18(4)12(21)17(9)3/h7H,5-6H2,1-4H3. The summed E-state index contributed by atoms with van der Waals surface area (Å²) in [6.45, 7) is 1.09. The first-order valence-corrected chi connectivity index (χ1v) is 6.77. The van der Waals surface area contributed by atoms with Crippen molar-refractivity contribution in [1.82, 2.24) is 23.7 Å². The molecule has 0 radical (unpaired) electrons. The number of ether oxygens (including phenoxy) is 1. The molecule has 0 amide bonds. The average Bonchev–Trinajstić information content (AvgIpc) is 3.21. The molecular weight excluding hydrogens is 290 g/mol. The molecule has 22 heavy (non-hydrogen) atoms. The molecule has 3 rings (SSSR count). The predicted molar refractivity (Wildman–Crippen MR) is 78.2 cm³/mol. The van der Waals surface area contributed by atoms with Gasteiger partial charge >= 0.3 is 5.69 Å². The van der Waals surface area contributed by atoms with Gasteiger partial charge in [-0.15, -0.1) is 0 Å². The summed E-state index contributed by atoms with van der Waals surface area (Å²) in [7, 11) is 6.47. The first-order valence-electron chi connectivity index (χ1n) is 6.77. The van der Waals surface area contributed by atoms with Gasteiger partial charge in [0.2, 0.25) is 0 Å². The Bertz CT molecular complexity index is 869. The second-order valence-electron chi connectivity index (χ2n) is 5.39. The zero-order valence-electron chi connectivity index (χ0n) is 12.8. The zero-order valence-corrected chi connectivity index (χ0v) is 12.8. The lowest BCUT2D eigenvalue weighted by atomic mass is 10.4. The van der Waals surface area contributed by atoms with E-state index in [9.17, 15) is 9.59 Å². The van der Waals surface area contributed by atoms with Gasteiger partial charge in [0, 0.05) is 28.2 Å². The summed E-state index contributed by atoms with van der Waals surface area (Å²) >= 11 is 0. The van der Waals surface area contributed by atoms with E-state index in [0.29, 0.717) is 24.3 Å². The highest BCUT2D eigenvalue weighted by atomic mass is 16.6. The summed E-state index contributed by atoms with van der Waals surface area (Å²) in [4.78, 5) is 28.8. The van der Waals surface area contributed by atoms with Crippen molar-refractivity contribution >= 4 is 17.1 Å². The van der Waals surface area contributed by atoms with Gasteiger partial charge in [0.1, 0.15) is 0 Å². The molecule has 0 spiro atoms. The number of aromatic nitrogens is 4. The molecule has 10 nitrogen and oxygen atoms in total. The summed E-state index contributed by atoms with van der Waals surface area (Å²) in [6.07, 6.45) is 0.0349. The highest BCUT2D eigenvalue weighted by Crippen LogP contribution is 2.22. The molecule has 2 aromatic rings. The van der Waals surface area contributed by atoms with E-state index < -0.39 is 11.2 Å². The van der Waals surface area contributed by atoms with E-state index in [1.165, 1.54) is 16.6 Å². The molecule has 1 aliphatic heterocycles. The van der Waals surface area contributed by atoms with Gasteiger partial charge in [-0.2, -0.15) is 4.98 Å². The number of imidazole rings is 1. The molecule has 1 saturated heterocycles. The number of epoxide rings is 1. The highest BCUT2D eigenvalue weighted by molar-refractivity contribution is 5.73. The third kappa shape index (κ3) is 2.30. The number of aryl methyl sites for hydroxylation is 1. The van der Waals surface area contributed by atoms with Crippen LogP contribution in [0.1, 0.15) is 0 Å². The maximum absolute atomic E-state index is 12.4. The molecule has 0 bridgehead atoms. The van der Waals surface area contributed by atoms with E-state index in [1.54, 1.807) is 25.7 Å². The number of rotatable bonds is 4. The van der Waals surface area contributed by atoms with E-state index >= 15 is 0 Å². The summed E-state index contributed by atoms with van der Waals surface area (Å²) in [6, 6.07) is 0. The molecule has 118 valence electrons. The van der Waals surface area contributed by atoms with Crippen LogP contribution in [-0.2, 0) is 25.4 Å². The molecule has 0 N–H and O–H groups in total. The largest absolute Gasteiger partial charge is 0.371 e. The van der Waals surface area contributed by atoms with Gasteiger partial charge in [-0.1, -0.05) is 10.3 Å². The minimum absolute atomic E-state index is 0.0349. The lowest BCUT2D eigenvalue weighted by Crippen LogP contribution is -2.37. The summed E-state index contributed by atoms with van der Waals surface area (Å²) in [5.41, 5.74) is -0.215. The second-order valence-corrected chi connectivity index (χ2v) is 5.39. The van der Waals surface area contributed by atoms with Crippen LogP contribution in [0, 0.1) is 0 Å². The van der Waals surface area contributed by atoms with E-state index in [-0.39, 0.29) is 12.1 Å². The average molecular weight is 307 g/mol. The van der Waals surface area contributed by atoms with E-state index in [1.807, 2.05) is 0 Å². The molecule has 0 aromatic carbocycles. The Morgan fingerprint density at radius 3 is 2.59 bits per heavy atom. The molecule has 1 unspecified atom stereocenters. The maximum atomic E-state index is 12.4. The number of nitrogens with zero attached hydrogens (tertiary/aromatic N) is 7. The Balaban J connectivity index is 2.30. The Morgan fingerprint density at radius 2 is 2.00 bits per heavy atom. The van der Waals surface area contributed by atoms with Gasteiger partial charge < -0.3 is 4.74 Å². The van der Waals surface area contributed by atoms with Crippen molar-refractivity contribution in [2.45, 2.75) is 12.6 Å². The van der Waals surface area contributed by atoms with Crippen molar-refractivity contribution in [3.8, 4) is 0 Å². The summed E-state index contributed by atoms with van der Waals surface area (Å²) in [5, 5.41) is 9.49. The maximum Gasteiger partial charge on any atom is 0.332 e. The Morgan fingerprint density at radius 1 is 1.32 bits per heavy atom. The van der Waals surface area contributed by atoms with Crippen LogP contribution in [0.2, 0.25) is 0 Å².